The highest BCUT2D eigenvalue weighted by atomic mass is 32.2. The van der Waals surface area contributed by atoms with E-state index in [0.29, 0.717) is 51.2 Å². The van der Waals surface area contributed by atoms with E-state index in [1.54, 1.807) is 53.7 Å². The molecule has 6 aliphatic rings. The Bertz CT molecular complexity index is 2100. The van der Waals surface area contributed by atoms with Gasteiger partial charge in [0.1, 0.15) is 22.9 Å². The number of hydrogen-bond donors (Lipinski definition) is 3. The Morgan fingerprint density at radius 1 is 0.982 bits per heavy atom. The summed E-state index contributed by atoms with van der Waals surface area (Å²) in [6.07, 6.45) is 10.1. The lowest BCUT2D eigenvalue weighted by Crippen LogP contribution is -2.54. The van der Waals surface area contributed by atoms with E-state index in [9.17, 15) is 9.00 Å². The standard InChI is InChI=1S/C39H43B4N7O4S2/c1-23-6-8-25(9-7-23)56(52)54-27-11-13-30-46-31(27)44-19-4-5-24-21-35(2,3)49(22-24)32-26(33(51)48-55-30)10-12-28(45-32)50-20-14-29(47-50)53-39(42,43)38(40,41)34-36(15-16-36)37(34)17-18-37/h6-14,20,24,29,34,47H,4-5,15-19,21-22H2,1-3H3,(H,44,46)(H,48,51). The van der Waals surface area contributed by atoms with Gasteiger partial charge in [-0.3, -0.25) is 14.5 Å². The first-order valence-electron chi connectivity index (χ1n) is 19.4. The summed E-state index contributed by atoms with van der Waals surface area (Å²) < 4.78 is 28.2. The second-order valence-electron chi connectivity index (χ2n) is 17.1. The lowest BCUT2D eigenvalue weighted by atomic mass is 9.33. The Morgan fingerprint density at radius 2 is 1.71 bits per heavy atom. The molecule has 282 valence electrons. The number of carbonyl (C=O) groups excluding carboxylic acids is 1. The fourth-order valence-electron chi connectivity index (χ4n) is 9.75. The molecule has 3 N–H and O–H groups in total. The van der Waals surface area contributed by atoms with Crippen LogP contribution in [0.2, 0.25) is 5.21 Å². The first-order valence-corrected chi connectivity index (χ1v) is 21.3. The number of amides is 1. The number of nitrogens with zero attached hydrogens (tertiary/aromatic N) is 4. The minimum atomic E-state index is -1.79. The van der Waals surface area contributed by atoms with Crippen LogP contribution in [0.1, 0.15) is 74.7 Å². The molecule has 2 spiro atoms. The minimum absolute atomic E-state index is 0.0369. The summed E-state index contributed by atoms with van der Waals surface area (Å²) in [5.41, 5.74) is 4.85. The van der Waals surface area contributed by atoms with Gasteiger partial charge in [0, 0.05) is 36.8 Å². The summed E-state index contributed by atoms with van der Waals surface area (Å²) in [5, 5.41) is 2.48. The lowest BCUT2D eigenvalue weighted by molar-refractivity contribution is 0.00323. The summed E-state index contributed by atoms with van der Waals surface area (Å²) in [6, 6.07) is 14.4. The number of pyridine rings is 2. The third-order valence-corrected chi connectivity index (χ3v) is 14.6. The van der Waals surface area contributed by atoms with Gasteiger partial charge >= 0.3 is 0 Å². The van der Waals surface area contributed by atoms with Crippen molar-refractivity contribution in [2.24, 2.45) is 22.7 Å². The summed E-state index contributed by atoms with van der Waals surface area (Å²) in [5.74, 6) is 2.03. The number of carbonyl (C=O) groups is 1. The Morgan fingerprint density at radius 3 is 2.43 bits per heavy atom. The van der Waals surface area contributed by atoms with Crippen LogP contribution in [0.4, 0.5) is 17.5 Å². The van der Waals surface area contributed by atoms with Crippen LogP contribution in [-0.2, 0) is 15.8 Å². The van der Waals surface area contributed by atoms with Crippen LogP contribution in [0.3, 0.4) is 0 Å². The topological polar surface area (TPSA) is 121 Å². The maximum atomic E-state index is 14.0. The van der Waals surface area contributed by atoms with Crippen molar-refractivity contribution in [2.45, 2.75) is 98.0 Å². The van der Waals surface area contributed by atoms with Gasteiger partial charge in [0.25, 0.3) is 5.91 Å². The number of hydrazine groups is 1. The average Bonchev–Trinajstić information content (AvgIpc) is 4.11. The van der Waals surface area contributed by atoms with Gasteiger partial charge in [0.05, 0.1) is 41.8 Å². The van der Waals surface area contributed by atoms with Gasteiger partial charge < -0.3 is 19.1 Å². The van der Waals surface area contributed by atoms with Crippen molar-refractivity contribution < 1.29 is 17.9 Å². The number of hydrogen-bond acceptors (Lipinski definition) is 11. The predicted octanol–water partition coefficient (Wildman–Crippen LogP) is 4.95. The molecule has 3 unspecified atom stereocenters. The van der Waals surface area contributed by atoms with E-state index in [1.807, 2.05) is 19.1 Å². The van der Waals surface area contributed by atoms with E-state index >= 15 is 0 Å². The number of rotatable bonds is 8. The molecule has 3 atom stereocenters. The maximum absolute atomic E-state index is 14.0. The van der Waals surface area contributed by atoms with Crippen LogP contribution >= 0.6 is 11.9 Å². The maximum Gasteiger partial charge on any atom is 0.265 e. The monoisotopic (exact) mass is 781 g/mol. The molecule has 3 aliphatic heterocycles. The third-order valence-electron chi connectivity index (χ3n) is 12.9. The van der Waals surface area contributed by atoms with Gasteiger partial charge in [-0.05, 0) is 136 Å². The zero-order valence-corrected chi connectivity index (χ0v) is 33.6. The summed E-state index contributed by atoms with van der Waals surface area (Å²) >= 11 is -0.647. The molecule has 1 saturated heterocycles. The van der Waals surface area contributed by atoms with Crippen LogP contribution in [0.15, 0.2) is 70.7 Å². The molecule has 8 radical (unpaired) electrons. The number of fused-ring (bicyclic) bond motifs is 7. The SMILES string of the molecule is [B]C([B])(OC1C=CN(c2ccc3c(n2)N2CC(CCCNc4nc(ccc4OS(=O)c4ccc(C)cc4)SNC3=O)CC2(C)C)N1)C([B])([B])C1C2(CC2)C12CC2. The van der Waals surface area contributed by atoms with Crippen LogP contribution in [0, 0.1) is 29.6 Å². The smallest absolute Gasteiger partial charge is 0.265 e. The van der Waals surface area contributed by atoms with E-state index in [-0.39, 0.29) is 28.2 Å². The van der Waals surface area contributed by atoms with Gasteiger partial charge in [0.15, 0.2) is 11.6 Å². The van der Waals surface area contributed by atoms with Crippen molar-refractivity contribution in [2.75, 3.05) is 28.3 Å². The molecule has 2 aromatic heterocycles. The largest absolute Gasteiger partial charge is 0.393 e. The zero-order chi connectivity index (χ0) is 39.3. The molecule has 56 heavy (non-hydrogen) atoms. The molecule has 1 amide bonds. The van der Waals surface area contributed by atoms with Gasteiger partial charge in [-0.1, -0.05) is 22.9 Å². The van der Waals surface area contributed by atoms with E-state index < -0.39 is 27.9 Å². The van der Waals surface area contributed by atoms with Crippen LogP contribution in [0.5, 0.6) is 5.75 Å². The molecule has 3 saturated carbocycles. The fourth-order valence-corrected chi connectivity index (χ4v) is 11.1. The Kier molecular flexibility index (Phi) is 9.26. The first kappa shape index (κ1) is 38.1. The van der Waals surface area contributed by atoms with E-state index in [4.69, 9.17) is 50.3 Å². The molecular weight excluding hydrogens is 738 g/mol. The third kappa shape index (κ3) is 6.58. The summed E-state index contributed by atoms with van der Waals surface area (Å²) in [6.45, 7) is 7.72. The Hall–Kier alpha value is -3.39. The van der Waals surface area contributed by atoms with Crippen LogP contribution < -0.4 is 29.6 Å². The number of aromatic nitrogens is 2. The Balaban J connectivity index is 0.933. The Labute approximate surface area is 341 Å². The van der Waals surface area contributed by atoms with Crippen LogP contribution in [0.25, 0.3) is 0 Å². The number of nitrogens with one attached hydrogen (secondary N) is 3. The second-order valence-corrected chi connectivity index (χ2v) is 19.0. The van der Waals surface area contributed by atoms with Crippen molar-refractivity contribution in [3.8, 4) is 5.75 Å². The quantitative estimate of drug-likeness (QED) is 0.213. The molecule has 11 nitrogen and oxygen atoms in total. The number of aryl methyl sites for hydroxylation is 1. The molecule has 5 heterocycles. The van der Waals surface area contributed by atoms with Crippen LogP contribution in [-0.4, -0.2) is 81.7 Å². The molecule has 3 aliphatic carbocycles. The van der Waals surface area contributed by atoms with Gasteiger partial charge in [-0.25, -0.2) is 14.2 Å². The van der Waals surface area contributed by atoms with Crippen molar-refractivity contribution in [1.29, 1.82) is 0 Å². The summed E-state index contributed by atoms with van der Waals surface area (Å²) in [4.78, 5) is 26.6. The summed E-state index contributed by atoms with van der Waals surface area (Å²) in [7, 11) is 26.6. The minimum Gasteiger partial charge on any atom is -0.393 e. The molecule has 17 heteroatoms. The zero-order valence-electron chi connectivity index (χ0n) is 31.9. The van der Waals surface area contributed by atoms with Gasteiger partial charge in [0.2, 0.25) is 11.1 Å². The fraction of sp³-hybridized carbons (Fsp3) is 0.513. The second kappa shape index (κ2) is 13.6. The first-order chi connectivity index (χ1) is 26.6. The molecule has 9 rings (SSSR count). The molecular formula is C39H43B4N7O4S2. The van der Waals surface area contributed by atoms with Crippen molar-refractivity contribution in [1.82, 2.24) is 20.1 Å². The number of anilines is 3. The molecule has 3 aromatic rings. The lowest BCUT2D eigenvalue weighted by Gasteiger charge is -2.46. The van der Waals surface area contributed by atoms with E-state index in [2.05, 4.69) is 34.2 Å². The van der Waals surface area contributed by atoms with Crippen molar-refractivity contribution >= 4 is 77.8 Å². The van der Waals surface area contributed by atoms with Gasteiger partial charge in [-0.15, -0.1) is 0 Å². The number of benzene rings is 1. The highest BCUT2D eigenvalue weighted by Gasteiger charge is 2.88. The molecule has 1 aromatic carbocycles. The molecule has 4 bridgehead atoms. The normalized spacial score (nSPS) is 25.2. The van der Waals surface area contributed by atoms with E-state index in [0.717, 1.165) is 69.0 Å². The van der Waals surface area contributed by atoms with Gasteiger partial charge in [-0.2, -0.15) is 5.43 Å². The van der Waals surface area contributed by atoms with E-state index in [1.165, 1.54) is 0 Å². The van der Waals surface area contributed by atoms with Crippen molar-refractivity contribution in [3.05, 3.63) is 71.9 Å². The predicted molar refractivity (Wildman–Crippen MR) is 222 cm³/mol. The highest BCUT2D eigenvalue weighted by Crippen LogP contribution is 2.96. The number of ether oxygens (including phenoxy) is 1. The average molecular weight is 781 g/mol. The molecule has 4 fully saturated rings. The highest BCUT2D eigenvalue weighted by molar-refractivity contribution is 7.97. The van der Waals surface area contributed by atoms with Crippen molar-refractivity contribution in [3.63, 3.8) is 0 Å².